The summed E-state index contributed by atoms with van der Waals surface area (Å²) < 4.78 is 7.66. The summed E-state index contributed by atoms with van der Waals surface area (Å²) in [4.78, 5) is 37.7. The van der Waals surface area contributed by atoms with Gasteiger partial charge < -0.3 is 9.64 Å². The quantitative estimate of drug-likeness (QED) is 0.216. The van der Waals surface area contributed by atoms with Gasteiger partial charge in [-0.15, -0.1) is 0 Å². The van der Waals surface area contributed by atoms with Crippen LogP contribution in [-0.4, -0.2) is 57.5 Å². The highest BCUT2D eigenvalue weighted by atomic mass is 16.5. The van der Waals surface area contributed by atoms with Crippen molar-refractivity contribution in [3.05, 3.63) is 136 Å². The minimum atomic E-state index is -0.369. The van der Waals surface area contributed by atoms with E-state index < -0.39 is 0 Å². The van der Waals surface area contributed by atoms with Gasteiger partial charge in [0.05, 0.1) is 35.2 Å². The Morgan fingerprint density at radius 1 is 0.864 bits per heavy atom. The molecule has 1 fully saturated rings. The number of aromatic nitrogens is 2. The van der Waals surface area contributed by atoms with E-state index in [4.69, 9.17) is 9.72 Å². The van der Waals surface area contributed by atoms with Crippen LogP contribution in [0.3, 0.4) is 0 Å². The molecule has 0 saturated carbocycles. The van der Waals surface area contributed by atoms with Gasteiger partial charge in [-0.05, 0) is 56.2 Å². The van der Waals surface area contributed by atoms with E-state index in [0.717, 1.165) is 11.1 Å². The number of para-hydroxylation sites is 3. The molecule has 0 aliphatic carbocycles. The molecule has 0 bridgehead atoms. The summed E-state index contributed by atoms with van der Waals surface area (Å²) in [5.74, 6) is 1.03. The SMILES string of the molecule is CCOc1ccccc1-n1c(C(C)N2CCN(C(=O)C(c3ccccc3)c3ccccc3)C(C)C2)nc2ccccc2c1=O. The van der Waals surface area contributed by atoms with Crippen LogP contribution in [0.5, 0.6) is 5.75 Å². The Morgan fingerprint density at radius 3 is 2.14 bits per heavy atom. The first kappa shape index (κ1) is 29.3. The number of amides is 1. The number of carbonyl (C=O) groups is 1. The maximum Gasteiger partial charge on any atom is 0.266 e. The van der Waals surface area contributed by atoms with Gasteiger partial charge in [0.25, 0.3) is 5.56 Å². The summed E-state index contributed by atoms with van der Waals surface area (Å²) in [6, 6.07) is 34.9. The van der Waals surface area contributed by atoms with Gasteiger partial charge in [-0.2, -0.15) is 0 Å². The molecule has 1 aromatic heterocycles. The molecule has 0 N–H and O–H groups in total. The average molecular weight is 587 g/mol. The molecule has 44 heavy (non-hydrogen) atoms. The standard InChI is InChI=1S/C37H38N4O3/c1-4-44-33-22-14-13-21-32(33)41-35(38-31-20-12-11-19-30(31)36(41)42)27(3)39-23-24-40(26(2)25-39)37(43)34(28-15-7-5-8-16-28)29-17-9-6-10-18-29/h5-22,26-27,34H,4,23-25H2,1-3H3. The number of hydrogen-bond donors (Lipinski definition) is 0. The molecule has 1 aliphatic heterocycles. The summed E-state index contributed by atoms with van der Waals surface area (Å²) in [7, 11) is 0. The van der Waals surface area contributed by atoms with Crippen LogP contribution in [0.2, 0.25) is 0 Å². The maximum absolute atomic E-state index is 14.2. The van der Waals surface area contributed by atoms with Crippen LogP contribution in [-0.2, 0) is 4.79 Å². The lowest BCUT2D eigenvalue weighted by Crippen LogP contribution is -2.55. The fraction of sp³-hybridized carbons (Fsp3) is 0.270. The maximum atomic E-state index is 14.2. The monoisotopic (exact) mass is 586 g/mol. The third-order valence-electron chi connectivity index (χ3n) is 8.58. The highest BCUT2D eigenvalue weighted by molar-refractivity contribution is 5.87. The van der Waals surface area contributed by atoms with Crippen molar-refractivity contribution in [3.8, 4) is 11.4 Å². The zero-order valence-corrected chi connectivity index (χ0v) is 25.5. The number of piperazine rings is 1. The van der Waals surface area contributed by atoms with Gasteiger partial charge in [-0.3, -0.25) is 19.1 Å². The second kappa shape index (κ2) is 12.9. The lowest BCUT2D eigenvalue weighted by atomic mass is 9.89. The molecule has 5 aromatic rings. The predicted molar refractivity (Wildman–Crippen MR) is 174 cm³/mol. The number of benzene rings is 4. The van der Waals surface area contributed by atoms with E-state index in [9.17, 15) is 9.59 Å². The fourth-order valence-electron chi connectivity index (χ4n) is 6.35. The molecule has 0 spiro atoms. The largest absolute Gasteiger partial charge is 0.492 e. The second-order valence-corrected chi connectivity index (χ2v) is 11.3. The van der Waals surface area contributed by atoms with E-state index >= 15 is 0 Å². The van der Waals surface area contributed by atoms with Crippen LogP contribution in [0.1, 0.15) is 49.7 Å². The number of rotatable bonds is 8. The number of hydrogen-bond acceptors (Lipinski definition) is 5. The van der Waals surface area contributed by atoms with Crippen molar-refractivity contribution >= 4 is 16.8 Å². The summed E-state index contributed by atoms with van der Waals surface area (Å²) in [5, 5.41) is 0.561. The molecule has 7 nitrogen and oxygen atoms in total. The van der Waals surface area contributed by atoms with Crippen molar-refractivity contribution in [3.63, 3.8) is 0 Å². The summed E-state index contributed by atoms with van der Waals surface area (Å²) in [6.07, 6.45) is 0. The van der Waals surface area contributed by atoms with Crippen LogP contribution in [0.15, 0.2) is 114 Å². The van der Waals surface area contributed by atoms with E-state index in [1.807, 2.05) is 121 Å². The Balaban J connectivity index is 1.33. The molecular formula is C37H38N4O3. The Morgan fingerprint density at radius 2 is 1.48 bits per heavy atom. The van der Waals surface area contributed by atoms with E-state index in [0.29, 0.717) is 54.4 Å². The van der Waals surface area contributed by atoms with E-state index in [-0.39, 0.29) is 29.5 Å². The molecule has 2 heterocycles. The lowest BCUT2D eigenvalue weighted by molar-refractivity contribution is -0.136. The van der Waals surface area contributed by atoms with E-state index in [1.165, 1.54) is 0 Å². The second-order valence-electron chi connectivity index (χ2n) is 11.3. The normalized spacial score (nSPS) is 16.3. The van der Waals surface area contributed by atoms with Crippen LogP contribution in [0.4, 0.5) is 0 Å². The smallest absolute Gasteiger partial charge is 0.266 e. The molecular weight excluding hydrogens is 548 g/mol. The summed E-state index contributed by atoms with van der Waals surface area (Å²) in [6.45, 7) is 8.50. The van der Waals surface area contributed by atoms with Crippen molar-refractivity contribution in [2.75, 3.05) is 26.2 Å². The van der Waals surface area contributed by atoms with Gasteiger partial charge in [0.2, 0.25) is 5.91 Å². The van der Waals surface area contributed by atoms with Gasteiger partial charge >= 0.3 is 0 Å². The highest BCUT2D eigenvalue weighted by Gasteiger charge is 2.36. The molecule has 4 aromatic carbocycles. The van der Waals surface area contributed by atoms with Crippen LogP contribution in [0.25, 0.3) is 16.6 Å². The van der Waals surface area contributed by atoms with Crippen molar-refractivity contribution in [1.29, 1.82) is 0 Å². The fourth-order valence-corrected chi connectivity index (χ4v) is 6.35. The van der Waals surface area contributed by atoms with Gasteiger partial charge in [-0.1, -0.05) is 84.9 Å². The number of nitrogens with zero attached hydrogens (tertiary/aromatic N) is 4. The van der Waals surface area contributed by atoms with Crippen LogP contribution >= 0.6 is 0 Å². The molecule has 7 heteroatoms. The lowest BCUT2D eigenvalue weighted by Gasteiger charge is -2.43. The van der Waals surface area contributed by atoms with Crippen molar-refractivity contribution in [1.82, 2.24) is 19.4 Å². The molecule has 1 amide bonds. The first-order chi connectivity index (χ1) is 21.5. The average Bonchev–Trinajstić information content (AvgIpc) is 3.06. The van der Waals surface area contributed by atoms with Gasteiger partial charge in [-0.25, -0.2) is 4.98 Å². The Labute approximate surface area is 258 Å². The topological polar surface area (TPSA) is 67.7 Å². The first-order valence-electron chi connectivity index (χ1n) is 15.4. The van der Waals surface area contributed by atoms with Gasteiger partial charge in [0, 0.05) is 25.7 Å². The Hall–Kier alpha value is -4.75. The molecule has 6 rings (SSSR count). The molecule has 0 radical (unpaired) electrons. The minimum absolute atomic E-state index is 0.0371. The number of carbonyl (C=O) groups excluding carboxylic acids is 1. The molecule has 2 atom stereocenters. The summed E-state index contributed by atoms with van der Waals surface area (Å²) in [5.41, 5.74) is 3.20. The molecule has 2 unspecified atom stereocenters. The minimum Gasteiger partial charge on any atom is -0.492 e. The van der Waals surface area contributed by atoms with E-state index in [1.54, 1.807) is 4.57 Å². The zero-order chi connectivity index (χ0) is 30.6. The van der Waals surface area contributed by atoms with Gasteiger partial charge in [0.1, 0.15) is 11.6 Å². The third kappa shape index (κ3) is 5.63. The molecule has 1 saturated heterocycles. The van der Waals surface area contributed by atoms with Crippen LogP contribution in [0, 0.1) is 0 Å². The van der Waals surface area contributed by atoms with Crippen molar-refractivity contribution in [2.24, 2.45) is 0 Å². The van der Waals surface area contributed by atoms with Crippen molar-refractivity contribution in [2.45, 2.75) is 38.8 Å². The molecule has 1 aliphatic rings. The van der Waals surface area contributed by atoms with Gasteiger partial charge in [0.15, 0.2) is 0 Å². The highest BCUT2D eigenvalue weighted by Crippen LogP contribution is 2.32. The number of ether oxygens (including phenoxy) is 1. The summed E-state index contributed by atoms with van der Waals surface area (Å²) >= 11 is 0. The Kier molecular flexibility index (Phi) is 8.57. The van der Waals surface area contributed by atoms with E-state index in [2.05, 4.69) is 18.7 Å². The number of fused-ring (bicyclic) bond motifs is 1. The zero-order valence-electron chi connectivity index (χ0n) is 25.5. The van der Waals surface area contributed by atoms with Crippen LogP contribution < -0.4 is 10.3 Å². The third-order valence-corrected chi connectivity index (χ3v) is 8.58. The van der Waals surface area contributed by atoms with Crippen molar-refractivity contribution < 1.29 is 9.53 Å². The predicted octanol–water partition coefficient (Wildman–Crippen LogP) is 6.21. The molecule has 224 valence electrons. The Bertz CT molecular complexity index is 1770. The first-order valence-corrected chi connectivity index (χ1v) is 15.4.